The van der Waals surface area contributed by atoms with Gasteiger partial charge in [0, 0.05) is 24.5 Å². The lowest BCUT2D eigenvalue weighted by atomic mass is 9.95. The molecule has 1 aromatic carbocycles. The summed E-state index contributed by atoms with van der Waals surface area (Å²) in [5.41, 5.74) is 9.33. The zero-order valence-electron chi connectivity index (χ0n) is 16.8. The molecular formula is C22H27N3O3S. The first-order valence-corrected chi connectivity index (χ1v) is 10.2. The third-order valence-corrected chi connectivity index (χ3v) is 6.41. The molecule has 1 aromatic heterocycles. The van der Waals surface area contributed by atoms with Crippen molar-refractivity contribution < 1.29 is 14.6 Å². The molecule has 0 amide bonds. The van der Waals surface area contributed by atoms with Crippen molar-refractivity contribution in [1.29, 1.82) is 0 Å². The molecule has 0 saturated heterocycles. The summed E-state index contributed by atoms with van der Waals surface area (Å²) in [6.07, 6.45) is 0.766. The van der Waals surface area contributed by atoms with E-state index in [-0.39, 0.29) is 23.3 Å². The van der Waals surface area contributed by atoms with Crippen LogP contribution in [-0.2, 0) is 13.0 Å². The first kappa shape index (κ1) is 21.1. The molecule has 0 aliphatic carbocycles. The van der Waals surface area contributed by atoms with Gasteiger partial charge in [-0.25, -0.2) is 0 Å². The fourth-order valence-electron chi connectivity index (χ4n) is 3.66. The number of hydrogen-bond acceptors (Lipinski definition) is 7. The number of thiophene rings is 1. The van der Waals surface area contributed by atoms with Gasteiger partial charge in [-0.15, -0.1) is 11.3 Å². The second kappa shape index (κ2) is 8.82. The molecule has 0 bridgehead atoms. The van der Waals surface area contributed by atoms with E-state index in [0.29, 0.717) is 17.1 Å². The van der Waals surface area contributed by atoms with Crippen LogP contribution in [0.1, 0.15) is 39.3 Å². The molecule has 0 saturated carbocycles. The van der Waals surface area contributed by atoms with E-state index in [1.165, 1.54) is 16.9 Å². The standard InChI is InChI=1S/C22H27N3O3S/c1-13(14(2)26)24-22-20(15(3)27)18-9-10-25(19(11-23)21(18)29-22)12-16-5-7-17(28-4)8-6-16/h5-8,19,24,26H,1-2,9-12,23H2,3-4H3. The van der Waals surface area contributed by atoms with Gasteiger partial charge < -0.3 is 20.9 Å². The molecule has 1 aliphatic rings. The van der Waals surface area contributed by atoms with Gasteiger partial charge in [0.2, 0.25) is 0 Å². The average Bonchev–Trinajstić information content (AvgIpc) is 3.06. The number of nitrogens with two attached hydrogens (primary N) is 1. The Morgan fingerprint density at radius 3 is 2.62 bits per heavy atom. The van der Waals surface area contributed by atoms with Crippen LogP contribution in [0, 0.1) is 0 Å². The number of aliphatic hydroxyl groups excluding tert-OH is 1. The van der Waals surface area contributed by atoms with Gasteiger partial charge in [0.25, 0.3) is 0 Å². The molecule has 29 heavy (non-hydrogen) atoms. The number of carbonyl (C=O) groups excluding carboxylic acids is 1. The van der Waals surface area contributed by atoms with Gasteiger partial charge >= 0.3 is 0 Å². The number of Topliss-reactive ketones (excluding diaryl/α,β-unsaturated/α-hetero) is 1. The van der Waals surface area contributed by atoms with Crippen molar-refractivity contribution in [3.8, 4) is 5.75 Å². The van der Waals surface area contributed by atoms with Crippen molar-refractivity contribution in [3.05, 3.63) is 70.4 Å². The van der Waals surface area contributed by atoms with Gasteiger partial charge in [-0.2, -0.15) is 0 Å². The van der Waals surface area contributed by atoms with Gasteiger partial charge in [0.15, 0.2) is 5.78 Å². The Morgan fingerprint density at radius 2 is 2.07 bits per heavy atom. The Kier molecular flexibility index (Phi) is 6.42. The molecule has 1 unspecified atom stereocenters. The molecule has 1 atom stereocenters. The summed E-state index contributed by atoms with van der Waals surface area (Å²) in [4.78, 5) is 15.8. The van der Waals surface area contributed by atoms with Crippen LogP contribution < -0.4 is 15.8 Å². The summed E-state index contributed by atoms with van der Waals surface area (Å²) < 4.78 is 5.23. The van der Waals surface area contributed by atoms with Crippen LogP contribution in [0.15, 0.2) is 48.9 Å². The zero-order valence-corrected chi connectivity index (χ0v) is 17.6. The predicted molar refractivity (Wildman–Crippen MR) is 118 cm³/mol. The molecule has 6 nitrogen and oxygen atoms in total. The van der Waals surface area contributed by atoms with Crippen LogP contribution in [0.4, 0.5) is 5.00 Å². The van der Waals surface area contributed by atoms with E-state index in [9.17, 15) is 9.90 Å². The molecule has 1 aliphatic heterocycles. The highest BCUT2D eigenvalue weighted by Crippen LogP contribution is 2.43. The van der Waals surface area contributed by atoms with E-state index in [1.54, 1.807) is 14.0 Å². The SMILES string of the molecule is C=C(O)C(=C)Nc1sc2c(c1C(C)=O)CCN(Cc1ccc(OC)cc1)C2CN. The number of carbonyl (C=O) groups is 1. The molecule has 2 heterocycles. The molecule has 0 spiro atoms. The Balaban J connectivity index is 1.91. The van der Waals surface area contributed by atoms with Crippen molar-refractivity contribution >= 4 is 22.1 Å². The molecule has 0 radical (unpaired) electrons. The highest BCUT2D eigenvalue weighted by Gasteiger charge is 2.33. The topological polar surface area (TPSA) is 87.8 Å². The Hall–Kier alpha value is -2.61. The number of nitrogens with one attached hydrogen (secondary N) is 1. The Morgan fingerprint density at radius 1 is 1.38 bits per heavy atom. The lowest BCUT2D eigenvalue weighted by Gasteiger charge is -2.35. The summed E-state index contributed by atoms with van der Waals surface area (Å²) >= 11 is 1.50. The second-order valence-corrected chi connectivity index (χ2v) is 8.13. The summed E-state index contributed by atoms with van der Waals surface area (Å²) in [5, 5.41) is 13.3. The number of nitrogens with zero attached hydrogens (tertiary/aromatic N) is 1. The summed E-state index contributed by atoms with van der Waals surface area (Å²) in [7, 11) is 1.65. The number of hydrogen-bond donors (Lipinski definition) is 3. The zero-order chi connectivity index (χ0) is 21.1. The predicted octanol–water partition coefficient (Wildman–Crippen LogP) is 4.01. The van der Waals surface area contributed by atoms with Crippen molar-refractivity contribution in [2.24, 2.45) is 5.73 Å². The lowest BCUT2D eigenvalue weighted by Crippen LogP contribution is -2.38. The van der Waals surface area contributed by atoms with Gasteiger partial charge in [-0.1, -0.05) is 25.3 Å². The van der Waals surface area contributed by atoms with E-state index in [4.69, 9.17) is 10.5 Å². The van der Waals surface area contributed by atoms with Crippen LogP contribution in [-0.4, -0.2) is 36.0 Å². The van der Waals surface area contributed by atoms with E-state index < -0.39 is 0 Å². The third-order valence-electron chi connectivity index (χ3n) is 5.16. The Bertz CT molecular complexity index is 934. The number of aliphatic hydroxyl groups is 1. The quantitative estimate of drug-likeness (QED) is 0.344. The van der Waals surface area contributed by atoms with Crippen LogP contribution in [0.5, 0.6) is 5.75 Å². The van der Waals surface area contributed by atoms with Crippen LogP contribution in [0.2, 0.25) is 0 Å². The van der Waals surface area contributed by atoms with Gasteiger partial charge in [0.1, 0.15) is 16.5 Å². The third kappa shape index (κ3) is 4.37. The monoisotopic (exact) mass is 413 g/mol. The summed E-state index contributed by atoms with van der Waals surface area (Å²) in [5.74, 6) is 0.666. The maximum absolute atomic E-state index is 12.4. The summed E-state index contributed by atoms with van der Waals surface area (Å²) in [6, 6.07) is 8.04. The second-order valence-electron chi connectivity index (χ2n) is 7.08. The van der Waals surface area contributed by atoms with E-state index in [2.05, 4.69) is 35.5 Å². The molecule has 154 valence electrons. The summed E-state index contributed by atoms with van der Waals surface area (Å²) in [6.45, 7) is 10.8. The number of fused-ring (bicyclic) bond motifs is 1. The van der Waals surface area contributed by atoms with E-state index in [1.807, 2.05) is 12.1 Å². The maximum Gasteiger partial charge on any atom is 0.163 e. The largest absolute Gasteiger partial charge is 0.506 e. The smallest absolute Gasteiger partial charge is 0.163 e. The molecular weight excluding hydrogens is 386 g/mol. The van der Waals surface area contributed by atoms with Gasteiger partial charge in [0.05, 0.1) is 24.4 Å². The minimum Gasteiger partial charge on any atom is -0.506 e. The van der Waals surface area contributed by atoms with Crippen LogP contribution >= 0.6 is 11.3 Å². The number of ketones is 1. The number of ether oxygens (including phenoxy) is 1. The molecule has 0 fully saturated rings. The number of methoxy groups -OCH3 is 1. The van der Waals surface area contributed by atoms with Crippen LogP contribution in [0.25, 0.3) is 0 Å². The fourth-order valence-corrected chi connectivity index (χ4v) is 5.13. The average molecular weight is 414 g/mol. The van der Waals surface area contributed by atoms with Crippen molar-refractivity contribution in [2.45, 2.75) is 25.9 Å². The van der Waals surface area contributed by atoms with E-state index in [0.717, 1.165) is 35.7 Å². The minimum absolute atomic E-state index is 0.0132. The molecule has 4 N–H and O–H groups in total. The van der Waals surface area contributed by atoms with Crippen molar-refractivity contribution in [3.63, 3.8) is 0 Å². The first-order valence-electron chi connectivity index (χ1n) is 9.43. The first-order chi connectivity index (χ1) is 13.8. The van der Waals surface area contributed by atoms with Gasteiger partial charge in [-0.05, 0) is 36.6 Å². The number of benzene rings is 1. The Labute approximate surface area is 175 Å². The lowest BCUT2D eigenvalue weighted by molar-refractivity contribution is 0.101. The number of anilines is 1. The van der Waals surface area contributed by atoms with Crippen molar-refractivity contribution in [2.75, 3.05) is 25.5 Å². The normalized spacial score (nSPS) is 16.2. The van der Waals surface area contributed by atoms with E-state index >= 15 is 0 Å². The number of rotatable bonds is 8. The maximum atomic E-state index is 12.4. The molecule has 3 rings (SSSR count). The van der Waals surface area contributed by atoms with Crippen molar-refractivity contribution in [1.82, 2.24) is 4.90 Å². The fraction of sp³-hybridized carbons (Fsp3) is 0.318. The van der Waals surface area contributed by atoms with Crippen LogP contribution in [0.3, 0.4) is 0 Å². The molecule has 2 aromatic rings. The highest BCUT2D eigenvalue weighted by molar-refractivity contribution is 7.16. The van der Waals surface area contributed by atoms with Gasteiger partial charge in [-0.3, -0.25) is 9.69 Å². The molecule has 7 heteroatoms. The highest BCUT2D eigenvalue weighted by atomic mass is 32.1. The minimum atomic E-state index is -0.151.